The van der Waals surface area contributed by atoms with Crippen molar-refractivity contribution in [1.82, 2.24) is 10.2 Å². The Hall–Kier alpha value is -2.17. The van der Waals surface area contributed by atoms with Gasteiger partial charge in [-0.2, -0.15) is 5.10 Å². The maximum absolute atomic E-state index is 11.6. The molecule has 0 atom stereocenters. The van der Waals surface area contributed by atoms with Gasteiger partial charge in [-0.3, -0.25) is 4.79 Å². The van der Waals surface area contributed by atoms with Gasteiger partial charge in [-0.1, -0.05) is 19.9 Å². The zero-order valence-corrected chi connectivity index (χ0v) is 9.52. The molecule has 0 aliphatic carbocycles. The zero-order chi connectivity index (χ0) is 12.6. The zero-order valence-electron chi connectivity index (χ0n) is 9.52. The van der Waals surface area contributed by atoms with Crippen LogP contribution in [0.3, 0.4) is 0 Å². The molecule has 0 unspecified atom stereocenters. The molecule has 1 heterocycles. The van der Waals surface area contributed by atoms with Gasteiger partial charge in [-0.25, -0.2) is 9.89 Å². The minimum Gasteiger partial charge on any atom is -0.478 e. The van der Waals surface area contributed by atoms with E-state index in [0.29, 0.717) is 10.8 Å². The van der Waals surface area contributed by atoms with E-state index in [1.165, 1.54) is 12.1 Å². The normalized spacial score (nSPS) is 11.0. The van der Waals surface area contributed by atoms with Crippen molar-refractivity contribution >= 4 is 16.7 Å². The van der Waals surface area contributed by atoms with E-state index in [1.807, 2.05) is 13.8 Å². The van der Waals surface area contributed by atoms with Gasteiger partial charge in [0.1, 0.15) is 0 Å². The number of nitrogens with one attached hydrogen (secondary N) is 1. The fourth-order valence-electron chi connectivity index (χ4n) is 1.76. The van der Waals surface area contributed by atoms with Gasteiger partial charge >= 0.3 is 5.97 Å². The molecule has 0 spiro atoms. The first-order chi connectivity index (χ1) is 8.00. The topological polar surface area (TPSA) is 83.0 Å². The maximum atomic E-state index is 11.6. The van der Waals surface area contributed by atoms with Crippen LogP contribution in [0.5, 0.6) is 0 Å². The highest BCUT2D eigenvalue weighted by atomic mass is 16.4. The Balaban J connectivity index is 2.82. The number of nitrogens with zero attached hydrogens (tertiary/aromatic N) is 1. The molecule has 1 aromatic heterocycles. The van der Waals surface area contributed by atoms with Crippen LogP contribution >= 0.6 is 0 Å². The Morgan fingerprint density at radius 2 is 2.06 bits per heavy atom. The van der Waals surface area contributed by atoms with Gasteiger partial charge in [-0.05, 0) is 18.1 Å². The number of carbonyl (C=O) groups is 1. The van der Waals surface area contributed by atoms with Crippen molar-refractivity contribution in [2.75, 3.05) is 0 Å². The van der Waals surface area contributed by atoms with Gasteiger partial charge < -0.3 is 5.11 Å². The predicted molar refractivity (Wildman–Crippen MR) is 63.4 cm³/mol. The maximum Gasteiger partial charge on any atom is 0.335 e. The number of hydrogen-bond acceptors (Lipinski definition) is 3. The Morgan fingerprint density at radius 3 is 2.65 bits per heavy atom. The smallest absolute Gasteiger partial charge is 0.335 e. The van der Waals surface area contributed by atoms with Crippen LogP contribution in [0.15, 0.2) is 23.0 Å². The van der Waals surface area contributed by atoms with E-state index in [2.05, 4.69) is 10.2 Å². The molecule has 0 bridgehead atoms. The second-order valence-electron chi connectivity index (χ2n) is 4.16. The van der Waals surface area contributed by atoms with Crippen LogP contribution in [-0.4, -0.2) is 21.3 Å². The number of rotatable bonds is 2. The standard InChI is InChI=1S/C12H12N2O3/c1-6(2)10-8-4-3-7(12(16)17)5-9(8)11(15)14-13-10/h3-6H,1-2H3,(H,14,15)(H,16,17). The molecule has 2 N–H and O–H groups in total. The number of carboxylic acids is 1. The molecule has 5 heteroatoms. The van der Waals surface area contributed by atoms with E-state index in [9.17, 15) is 9.59 Å². The summed E-state index contributed by atoms with van der Waals surface area (Å²) in [4.78, 5) is 22.5. The van der Waals surface area contributed by atoms with E-state index in [0.717, 1.165) is 5.69 Å². The predicted octanol–water partition coefficient (Wildman–Crippen LogP) is 1.74. The van der Waals surface area contributed by atoms with Crippen molar-refractivity contribution in [3.8, 4) is 0 Å². The number of carboxylic acid groups (broad SMARTS) is 1. The molecular weight excluding hydrogens is 220 g/mol. The largest absolute Gasteiger partial charge is 0.478 e. The van der Waals surface area contributed by atoms with Crippen molar-refractivity contribution in [1.29, 1.82) is 0 Å². The molecule has 0 saturated carbocycles. The lowest BCUT2D eigenvalue weighted by atomic mass is 10.0. The monoisotopic (exact) mass is 232 g/mol. The molecule has 2 rings (SSSR count). The lowest BCUT2D eigenvalue weighted by Crippen LogP contribution is -2.12. The first-order valence-corrected chi connectivity index (χ1v) is 5.26. The molecule has 0 saturated heterocycles. The number of aromatic carboxylic acids is 1. The van der Waals surface area contributed by atoms with Crippen LogP contribution < -0.4 is 5.56 Å². The summed E-state index contributed by atoms with van der Waals surface area (Å²) in [5.41, 5.74) is 0.493. The fourth-order valence-corrected chi connectivity index (χ4v) is 1.76. The second kappa shape index (κ2) is 4.01. The van der Waals surface area contributed by atoms with Crippen LogP contribution in [-0.2, 0) is 0 Å². The van der Waals surface area contributed by atoms with E-state index in [4.69, 9.17) is 5.11 Å². The molecule has 1 aromatic carbocycles. The lowest BCUT2D eigenvalue weighted by Gasteiger charge is -2.07. The van der Waals surface area contributed by atoms with E-state index >= 15 is 0 Å². The quantitative estimate of drug-likeness (QED) is 0.826. The van der Waals surface area contributed by atoms with Crippen molar-refractivity contribution in [2.45, 2.75) is 19.8 Å². The summed E-state index contributed by atoms with van der Waals surface area (Å²) in [5.74, 6) is -0.890. The molecule has 0 fully saturated rings. The Bertz CT molecular complexity index is 644. The number of aromatic nitrogens is 2. The van der Waals surface area contributed by atoms with Crippen molar-refractivity contribution in [2.24, 2.45) is 0 Å². The molecule has 2 aromatic rings. The minimum atomic E-state index is -1.05. The van der Waals surface area contributed by atoms with Crippen LogP contribution in [0.1, 0.15) is 35.8 Å². The van der Waals surface area contributed by atoms with Gasteiger partial charge in [0.05, 0.1) is 16.6 Å². The minimum absolute atomic E-state index is 0.101. The fraction of sp³-hybridized carbons (Fsp3) is 0.250. The van der Waals surface area contributed by atoms with E-state index in [1.54, 1.807) is 6.07 Å². The van der Waals surface area contributed by atoms with Crippen LogP contribution in [0.2, 0.25) is 0 Å². The van der Waals surface area contributed by atoms with Gasteiger partial charge in [0.2, 0.25) is 0 Å². The molecule has 5 nitrogen and oxygen atoms in total. The van der Waals surface area contributed by atoms with Crippen molar-refractivity contribution < 1.29 is 9.90 Å². The van der Waals surface area contributed by atoms with Crippen molar-refractivity contribution in [3.05, 3.63) is 39.8 Å². The number of hydrogen-bond donors (Lipinski definition) is 2. The Kier molecular flexibility index (Phi) is 2.67. The van der Waals surface area contributed by atoms with Gasteiger partial charge in [0.15, 0.2) is 0 Å². The Labute approximate surface area is 97.1 Å². The van der Waals surface area contributed by atoms with E-state index in [-0.39, 0.29) is 17.0 Å². The highest BCUT2D eigenvalue weighted by Gasteiger charge is 2.12. The number of H-pyrrole nitrogens is 1. The summed E-state index contributed by atoms with van der Waals surface area (Å²) in [5, 5.41) is 16.3. The third-order valence-corrected chi connectivity index (χ3v) is 2.61. The Morgan fingerprint density at radius 1 is 1.35 bits per heavy atom. The first-order valence-electron chi connectivity index (χ1n) is 5.26. The molecule has 0 amide bonds. The molecule has 0 aliphatic heterocycles. The molecule has 0 radical (unpaired) electrons. The van der Waals surface area contributed by atoms with Gasteiger partial charge in [-0.15, -0.1) is 0 Å². The first kappa shape index (κ1) is 11.3. The molecular formula is C12H12N2O3. The van der Waals surface area contributed by atoms with Gasteiger partial charge in [0.25, 0.3) is 5.56 Å². The SMILES string of the molecule is CC(C)c1n[nH]c(=O)c2cc(C(=O)O)ccc12. The van der Waals surface area contributed by atoms with Crippen LogP contribution in [0.25, 0.3) is 10.8 Å². The second-order valence-corrected chi connectivity index (χ2v) is 4.16. The van der Waals surface area contributed by atoms with Crippen LogP contribution in [0, 0.1) is 0 Å². The summed E-state index contributed by atoms with van der Waals surface area (Å²) in [6.45, 7) is 3.93. The summed E-state index contributed by atoms with van der Waals surface area (Å²) >= 11 is 0. The number of aromatic amines is 1. The number of benzene rings is 1. The third kappa shape index (κ3) is 1.91. The molecule has 88 valence electrons. The van der Waals surface area contributed by atoms with E-state index < -0.39 is 5.97 Å². The average molecular weight is 232 g/mol. The highest BCUT2D eigenvalue weighted by Crippen LogP contribution is 2.21. The van der Waals surface area contributed by atoms with Crippen molar-refractivity contribution in [3.63, 3.8) is 0 Å². The third-order valence-electron chi connectivity index (χ3n) is 2.61. The summed E-state index contributed by atoms with van der Waals surface area (Å²) in [7, 11) is 0. The summed E-state index contributed by atoms with van der Waals surface area (Å²) < 4.78 is 0. The molecule has 17 heavy (non-hydrogen) atoms. The highest BCUT2D eigenvalue weighted by molar-refractivity contribution is 5.94. The summed E-state index contributed by atoms with van der Waals surface area (Å²) in [6, 6.07) is 4.50. The average Bonchev–Trinajstić information content (AvgIpc) is 2.28. The van der Waals surface area contributed by atoms with Crippen LogP contribution in [0.4, 0.5) is 0 Å². The summed E-state index contributed by atoms with van der Waals surface area (Å²) in [6.07, 6.45) is 0. The molecule has 0 aliphatic rings. The number of fused-ring (bicyclic) bond motifs is 1. The lowest BCUT2D eigenvalue weighted by molar-refractivity contribution is 0.0697. The van der Waals surface area contributed by atoms with Gasteiger partial charge in [0, 0.05) is 5.39 Å².